The van der Waals surface area contributed by atoms with Crippen molar-refractivity contribution < 1.29 is 0 Å². The molecule has 0 bridgehead atoms. The molecule has 5 heteroatoms. The number of aromatic nitrogens is 2. The molecule has 1 heterocycles. The first kappa shape index (κ1) is 9.73. The van der Waals surface area contributed by atoms with E-state index in [2.05, 4.69) is 0 Å². The Bertz CT molecular complexity index is 428. The third kappa shape index (κ3) is 1.55. The van der Waals surface area contributed by atoms with E-state index in [1.807, 2.05) is 0 Å². The molecule has 0 radical (unpaired) electrons. The van der Waals surface area contributed by atoms with Crippen molar-refractivity contribution in [3.63, 3.8) is 0 Å². The molecule has 0 saturated carbocycles. The fourth-order valence-electron chi connectivity index (χ4n) is 1.15. The van der Waals surface area contributed by atoms with Crippen molar-refractivity contribution in [2.45, 2.75) is 13.0 Å². The molecule has 1 atom stereocenters. The van der Waals surface area contributed by atoms with Crippen LogP contribution in [0.2, 0.25) is 0 Å². The Morgan fingerprint density at radius 3 is 2.38 bits per heavy atom. The number of hydrogen-bond donors (Lipinski definition) is 1. The summed E-state index contributed by atoms with van der Waals surface area (Å²) in [6.07, 6.45) is 1.48. The second kappa shape index (κ2) is 3.18. The maximum absolute atomic E-state index is 11.5. The van der Waals surface area contributed by atoms with Gasteiger partial charge < -0.3 is 10.3 Å². The van der Waals surface area contributed by atoms with E-state index in [1.54, 1.807) is 14.0 Å². The third-order valence-electron chi connectivity index (χ3n) is 1.96. The van der Waals surface area contributed by atoms with Crippen LogP contribution in [0.3, 0.4) is 0 Å². The molecule has 0 aromatic carbocycles. The summed E-state index contributed by atoms with van der Waals surface area (Å²) in [7, 11) is 3.03. The van der Waals surface area contributed by atoms with E-state index < -0.39 is 0 Å². The molecule has 1 aromatic rings. The first-order valence-corrected chi connectivity index (χ1v) is 3.97. The second-order valence-electron chi connectivity index (χ2n) is 3.13. The van der Waals surface area contributed by atoms with Gasteiger partial charge in [-0.1, -0.05) is 0 Å². The minimum atomic E-state index is -0.356. The first-order chi connectivity index (χ1) is 5.95. The lowest BCUT2D eigenvalue weighted by molar-refractivity contribution is 0.646. The summed E-state index contributed by atoms with van der Waals surface area (Å²) in [6.45, 7) is 1.71. The lowest BCUT2D eigenvalue weighted by Gasteiger charge is -2.08. The van der Waals surface area contributed by atoms with Gasteiger partial charge in [0.1, 0.15) is 0 Å². The summed E-state index contributed by atoms with van der Waals surface area (Å²) in [5.41, 5.74) is 5.36. The van der Waals surface area contributed by atoms with E-state index in [0.717, 1.165) is 4.57 Å². The zero-order valence-corrected chi connectivity index (χ0v) is 7.94. The van der Waals surface area contributed by atoms with Crippen LogP contribution in [0.15, 0.2) is 15.8 Å². The van der Waals surface area contributed by atoms with Gasteiger partial charge >= 0.3 is 5.69 Å². The maximum atomic E-state index is 11.5. The van der Waals surface area contributed by atoms with Gasteiger partial charge in [0.15, 0.2) is 0 Å². The number of nitrogens with two attached hydrogens (primary N) is 1. The van der Waals surface area contributed by atoms with Gasteiger partial charge in [0.25, 0.3) is 5.56 Å². The van der Waals surface area contributed by atoms with Crippen LogP contribution in [0.1, 0.15) is 18.5 Å². The van der Waals surface area contributed by atoms with Gasteiger partial charge in [0.2, 0.25) is 0 Å². The minimum Gasteiger partial charge on any atom is -0.324 e. The monoisotopic (exact) mass is 183 g/mol. The van der Waals surface area contributed by atoms with Crippen LogP contribution in [-0.4, -0.2) is 9.13 Å². The van der Waals surface area contributed by atoms with E-state index in [0.29, 0.717) is 5.56 Å². The Kier molecular flexibility index (Phi) is 2.38. The molecule has 5 nitrogen and oxygen atoms in total. The van der Waals surface area contributed by atoms with Crippen molar-refractivity contribution in [3.05, 3.63) is 32.6 Å². The van der Waals surface area contributed by atoms with Crippen LogP contribution in [0.4, 0.5) is 0 Å². The highest BCUT2D eigenvalue weighted by Crippen LogP contribution is 1.99. The van der Waals surface area contributed by atoms with Gasteiger partial charge in [0.05, 0.1) is 5.56 Å². The molecule has 72 valence electrons. The van der Waals surface area contributed by atoms with Crippen molar-refractivity contribution in [1.29, 1.82) is 0 Å². The maximum Gasteiger partial charge on any atom is 0.330 e. The molecule has 0 fully saturated rings. The number of aryl methyl sites for hydroxylation is 1. The zero-order valence-electron chi connectivity index (χ0n) is 7.94. The summed E-state index contributed by atoms with van der Waals surface area (Å²) in [6, 6.07) is -0.356. The molecule has 0 amide bonds. The van der Waals surface area contributed by atoms with Crippen LogP contribution in [0.25, 0.3) is 0 Å². The normalized spacial score (nSPS) is 12.9. The molecule has 1 aromatic heterocycles. The number of nitrogens with zero attached hydrogens (tertiary/aromatic N) is 2. The molecule has 0 aliphatic rings. The Balaban J connectivity index is 3.60. The second-order valence-corrected chi connectivity index (χ2v) is 3.13. The molecule has 13 heavy (non-hydrogen) atoms. The van der Waals surface area contributed by atoms with E-state index in [-0.39, 0.29) is 17.3 Å². The van der Waals surface area contributed by atoms with Crippen molar-refractivity contribution in [2.75, 3.05) is 0 Å². The van der Waals surface area contributed by atoms with Crippen LogP contribution in [0, 0.1) is 0 Å². The molecule has 0 saturated heterocycles. The molecular weight excluding hydrogens is 170 g/mol. The smallest absolute Gasteiger partial charge is 0.324 e. The van der Waals surface area contributed by atoms with Crippen LogP contribution in [0.5, 0.6) is 0 Å². The standard InChI is InChI=1S/C8H13N3O2/c1-5(9)6-4-10(2)8(13)11(3)7(6)12/h4-5H,9H2,1-3H3/t5-/m0/s1. The molecule has 0 aliphatic heterocycles. The average Bonchev–Trinajstić information content (AvgIpc) is 2.07. The summed E-state index contributed by atoms with van der Waals surface area (Å²) >= 11 is 0. The zero-order chi connectivity index (χ0) is 10.2. The fourth-order valence-corrected chi connectivity index (χ4v) is 1.15. The van der Waals surface area contributed by atoms with Crippen molar-refractivity contribution in [3.8, 4) is 0 Å². The number of rotatable bonds is 1. The highest BCUT2D eigenvalue weighted by atomic mass is 16.2. The Morgan fingerprint density at radius 1 is 1.38 bits per heavy atom. The number of hydrogen-bond acceptors (Lipinski definition) is 3. The van der Waals surface area contributed by atoms with Crippen molar-refractivity contribution in [2.24, 2.45) is 19.8 Å². The molecule has 1 rings (SSSR count). The summed E-state index contributed by atoms with van der Waals surface area (Å²) in [4.78, 5) is 22.7. The first-order valence-electron chi connectivity index (χ1n) is 3.97. The van der Waals surface area contributed by atoms with Crippen LogP contribution >= 0.6 is 0 Å². The average molecular weight is 183 g/mol. The quantitative estimate of drug-likeness (QED) is 0.613. The topological polar surface area (TPSA) is 70.0 Å². The van der Waals surface area contributed by atoms with Crippen LogP contribution in [-0.2, 0) is 14.1 Å². The van der Waals surface area contributed by atoms with Crippen molar-refractivity contribution in [1.82, 2.24) is 9.13 Å². The lowest BCUT2D eigenvalue weighted by Crippen LogP contribution is -2.39. The predicted molar refractivity (Wildman–Crippen MR) is 49.5 cm³/mol. The molecule has 0 spiro atoms. The summed E-state index contributed by atoms with van der Waals surface area (Å²) in [5.74, 6) is 0. The van der Waals surface area contributed by atoms with Gasteiger partial charge in [-0.05, 0) is 6.92 Å². The molecule has 2 N–H and O–H groups in total. The largest absolute Gasteiger partial charge is 0.330 e. The summed E-state index contributed by atoms with van der Waals surface area (Å²) in [5, 5.41) is 0. The van der Waals surface area contributed by atoms with Gasteiger partial charge in [-0.15, -0.1) is 0 Å². The molecular formula is C8H13N3O2. The lowest BCUT2D eigenvalue weighted by atomic mass is 10.2. The van der Waals surface area contributed by atoms with Gasteiger partial charge in [0, 0.05) is 26.3 Å². The van der Waals surface area contributed by atoms with Crippen molar-refractivity contribution >= 4 is 0 Å². The molecule has 0 aliphatic carbocycles. The van der Waals surface area contributed by atoms with E-state index in [4.69, 9.17) is 5.73 Å². The Morgan fingerprint density at radius 2 is 1.92 bits per heavy atom. The highest BCUT2D eigenvalue weighted by molar-refractivity contribution is 5.09. The predicted octanol–water partition coefficient (Wildman–Crippen LogP) is -0.896. The van der Waals surface area contributed by atoms with Gasteiger partial charge in [-0.3, -0.25) is 9.36 Å². The van der Waals surface area contributed by atoms with Gasteiger partial charge in [-0.2, -0.15) is 0 Å². The summed E-state index contributed by atoms with van der Waals surface area (Å²) < 4.78 is 2.40. The SMILES string of the molecule is C[C@H](N)c1cn(C)c(=O)n(C)c1=O. The van der Waals surface area contributed by atoms with E-state index >= 15 is 0 Å². The third-order valence-corrected chi connectivity index (χ3v) is 1.96. The minimum absolute atomic E-state index is 0.321. The van der Waals surface area contributed by atoms with E-state index in [1.165, 1.54) is 17.8 Å². The van der Waals surface area contributed by atoms with E-state index in [9.17, 15) is 9.59 Å². The Labute approximate surface area is 75.4 Å². The Hall–Kier alpha value is -1.36. The highest BCUT2D eigenvalue weighted by Gasteiger charge is 2.09. The van der Waals surface area contributed by atoms with Gasteiger partial charge in [-0.25, -0.2) is 4.79 Å². The van der Waals surface area contributed by atoms with Crippen LogP contribution < -0.4 is 17.0 Å². The fraction of sp³-hybridized carbons (Fsp3) is 0.500. The molecule has 0 unspecified atom stereocenters.